The standard InChI is InChI=1S/C96H94N8Si.2Pt/c1-91(2,3)63-45-47-97-89(55-63)103-81-35-21-19-33-77(81)79-43-41-75(59-87(79)103)105(76-42-44-80-78-34-20-22-36-82(78)104(88(80)60-76)90-56-64(46-48-98-90)92(4,5)6,73-31-27-29-69(57-73)99-61-101(85-39-25-23-37-83(85)99)71-51-65(93(7,8)9)49-66(52-71)94(10,11)12)74-32-28-30-70(58-74)100-62-102(86-40-26-24-38-84(86)100)72-53-67(95(13,14)15)50-68(54-72)96(16,17)18;;/h19-56,61-62H,1-18H3;;/q-6;;. The topological polar surface area (TPSA) is 48.6 Å². The SMILES string of the molecule is CC(C)(C)c1cc(N2[CH-]N(c3[c-]c([Si](c4[c-]c(N5[CH-]N(c6cc(C(C)(C)C)cc(C(C)(C)C)c6)c6ccccc65)ccc4)(c4[c-]c5c(cc4)c4ccccc4n5-c4cc(C(C)(C)C)ccn4)c4[c-]c5c(cc4)c4ccccc4n5-c4cc(C(C)(C)C)ccn4)ccc3)c3ccccc32)cc(C(C)(C)C)c1.[Pt].[Pt]. The van der Waals surface area contributed by atoms with E-state index in [0.717, 1.165) is 121 Å². The number of aromatic nitrogens is 4. The van der Waals surface area contributed by atoms with Crippen LogP contribution in [-0.4, -0.2) is 27.2 Å². The first-order valence-corrected chi connectivity index (χ1v) is 39.1. The van der Waals surface area contributed by atoms with Gasteiger partial charge in [0.15, 0.2) is 0 Å². The molecule has 0 atom stereocenters. The molecule has 0 saturated carbocycles. The van der Waals surface area contributed by atoms with E-state index in [1.54, 1.807) is 0 Å². The summed E-state index contributed by atoms with van der Waals surface area (Å²) in [5.74, 6) is 1.68. The fourth-order valence-electron chi connectivity index (χ4n) is 15.5. The molecule has 0 fully saturated rings. The van der Waals surface area contributed by atoms with Crippen molar-refractivity contribution in [2.45, 2.75) is 157 Å². The fraction of sp³-hybridized carbons (Fsp3) is 0.250. The average Bonchev–Trinajstić information content (AvgIpc) is 1.69. The second kappa shape index (κ2) is 27.2. The van der Waals surface area contributed by atoms with Crippen LogP contribution in [0.1, 0.15) is 158 Å². The summed E-state index contributed by atoms with van der Waals surface area (Å²) in [5.41, 5.74) is 19.2. The quantitative estimate of drug-likeness (QED) is 0.0773. The Morgan fingerprint density at radius 1 is 0.290 bits per heavy atom. The zero-order valence-corrected chi connectivity index (χ0v) is 70.3. The van der Waals surface area contributed by atoms with Gasteiger partial charge >= 0.3 is 0 Å². The maximum absolute atomic E-state index is 5.25. The molecule has 0 N–H and O–H groups in total. The minimum absolute atomic E-state index is 0. The first-order valence-electron chi connectivity index (χ1n) is 37.1. The van der Waals surface area contributed by atoms with Crippen LogP contribution in [0, 0.1) is 37.6 Å². The van der Waals surface area contributed by atoms with Gasteiger partial charge in [-0.25, -0.2) is 9.97 Å². The maximum Gasteiger partial charge on any atom is 0.135 e. The van der Waals surface area contributed by atoms with Gasteiger partial charge in [0.05, 0.1) is 8.07 Å². The molecule has 0 radical (unpaired) electrons. The van der Waals surface area contributed by atoms with Crippen LogP contribution in [0.3, 0.4) is 0 Å². The van der Waals surface area contributed by atoms with Crippen molar-refractivity contribution in [3.63, 3.8) is 0 Å². The van der Waals surface area contributed by atoms with Crippen LogP contribution in [0.15, 0.2) is 231 Å². The van der Waals surface area contributed by atoms with Crippen molar-refractivity contribution in [2.24, 2.45) is 0 Å². The molecule has 8 nitrogen and oxygen atoms in total. The van der Waals surface area contributed by atoms with Crippen LogP contribution in [0.5, 0.6) is 0 Å². The number of anilines is 8. The molecular formula is C96H94N8Pt2Si-6. The molecule has 0 spiro atoms. The van der Waals surface area contributed by atoms with Crippen molar-refractivity contribution in [2.75, 3.05) is 19.6 Å². The summed E-state index contributed by atoms with van der Waals surface area (Å²) in [6, 6.07) is 98.9. The molecule has 2 aliphatic rings. The second-order valence-electron chi connectivity index (χ2n) is 35.2. The molecule has 11 heteroatoms. The summed E-state index contributed by atoms with van der Waals surface area (Å²) < 4.78 is 4.69. The van der Waals surface area contributed by atoms with Crippen molar-refractivity contribution in [3.05, 3.63) is 302 Å². The number of benzene rings is 10. The Kier molecular flexibility index (Phi) is 19.0. The van der Waals surface area contributed by atoms with Gasteiger partial charge in [0.1, 0.15) is 11.6 Å². The zero-order chi connectivity index (χ0) is 73.7. The average molecular weight is 1780 g/mol. The molecule has 10 aromatic carbocycles. The van der Waals surface area contributed by atoms with Crippen molar-refractivity contribution in [1.29, 1.82) is 0 Å². The Bertz CT molecular complexity index is 5340. The number of rotatable bonds is 10. The number of para-hydroxylation sites is 6. The third-order valence-corrected chi connectivity index (χ3v) is 26.1. The molecule has 2 aliphatic heterocycles. The van der Waals surface area contributed by atoms with Crippen LogP contribution >= 0.6 is 0 Å². The van der Waals surface area contributed by atoms with E-state index in [1.165, 1.54) is 33.4 Å². The number of nitrogens with zero attached hydrogens (tertiary/aromatic N) is 8. The van der Waals surface area contributed by atoms with Crippen molar-refractivity contribution < 1.29 is 42.1 Å². The third kappa shape index (κ3) is 13.2. The Balaban J connectivity index is 0.00000480. The molecule has 0 amide bonds. The van der Waals surface area contributed by atoms with Crippen molar-refractivity contribution in [3.8, 4) is 11.6 Å². The fourth-order valence-corrected chi connectivity index (χ4v) is 19.8. The first kappa shape index (κ1) is 74.7. The van der Waals surface area contributed by atoms with Gasteiger partial charge in [0, 0.05) is 99.7 Å². The van der Waals surface area contributed by atoms with E-state index in [1.807, 2.05) is 12.4 Å². The van der Waals surface area contributed by atoms with Gasteiger partial charge in [-0.05, 0) is 162 Å². The van der Waals surface area contributed by atoms with Gasteiger partial charge in [-0.15, -0.1) is 35.5 Å². The normalized spacial score (nSPS) is 13.8. The number of hydrogen-bond acceptors (Lipinski definition) is 6. The Morgan fingerprint density at radius 2 is 0.607 bits per heavy atom. The number of hydrogen-bond donors (Lipinski definition) is 0. The summed E-state index contributed by atoms with van der Waals surface area (Å²) in [4.78, 5) is 20.0. The first-order chi connectivity index (χ1) is 49.8. The zero-order valence-electron chi connectivity index (χ0n) is 64.8. The molecule has 0 aliphatic carbocycles. The third-order valence-electron chi connectivity index (χ3n) is 21.7. The van der Waals surface area contributed by atoms with Gasteiger partial charge in [-0.3, -0.25) is 0 Å². The Labute approximate surface area is 664 Å². The summed E-state index contributed by atoms with van der Waals surface area (Å²) in [6.07, 6.45) is 3.93. The largest absolute Gasteiger partial charge is 0.493 e. The smallest absolute Gasteiger partial charge is 0.135 e. The van der Waals surface area contributed by atoms with E-state index in [-0.39, 0.29) is 74.6 Å². The van der Waals surface area contributed by atoms with E-state index in [0.29, 0.717) is 0 Å². The van der Waals surface area contributed by atoms with Crippen LogP contribution in [0.25, 0.3) is 55.2 Å². The molecule has 0 bridgehead atoms. The summed E-state index contributed by atoms with van der Waals surface area (Å²) in [7, 11) is -3.98. The Morgan fingerprint density at radius 3 is 0.953 bits per heavy atom. The van der Waals surface area contributed by atoms with Gasteiger partial charge in [0.25, 0.3) is 0 Å². The van der Waals surface area contributed by atoms with E-state index in [4.69, 9.17) is 9.97 Å². The van der Waals surface area contributed by atoms with Crippen molar-refractivity contribution >= 4 is 118 Å². The van der Waals surface area contributed by atoms with Crippen LogP contribution in [-0.2, 0) is 74.6 Å². The van der Waals surface area contributed by atoms with Gasteiger partial charge in [-0.1, -0.05) is 208 Å². The molecule has 14 aromatic rings. The van der Waals surface area contributed by atoms with Crippen LogP contribution in [0.4, 0.5) is 45.5 Å². The summed E-state index contributed by atoms with van der Waals surface area (Å²) in [6.45, 7) is 46.0. The van der Waals surface area contributed by atoms with Gasteiger partial charge in [-0.2, -0.15) is 106 Å². The number of pyridine rings is 2. The maximum atomic E-state index is 5.25. The minimum Gasteiger partial charge on any atom is -0.493 e. The summed E-state index contributed by atoms with van der Waals surface area (Å²) in [5, 5.41) is 8.48. The Hall–Kier alpha value is -9.11. The molecule has 0 saturated heterocycles. The van der Waals surface area contributed by atoms with Gasteiger partial charge < -0.3 is 28.7 Å². The van der Waals surface area contributed by atoms with Crippen molar-refractivity contribution in [1.82, 2.24) is 19.1 Å². The van der Waals surface area contributed by atoms with Crippen LogP contribution in [0.2, 0.25) is 0 Å². The molecule has 0 unspecified atom stereocenters. The molecule has 107 heavy (non-hydrogen) atoms. The molecule has 4 aromatic heterocycles. The van der Waals surface area contributed by atoms with E-state index in [9.17, 15) is 0 Å². The van der Waals surface area contributed by atoms with Crippen LogP contribution < -0.4 is 40.3 Å². The van der Waals surface area contributed by atoms with E-state index >= 15 is 0 Å². The molecule has 16 rings (SSSR count). The number of fused-ring (bicyclic) bond motifs is 8. The van der Waals surface area contributed by atoms with E-state index in [2.05, 4.69) is 409 Å². The monoisotopic (exact) mass is 1780 g/mol. The molecule has 6 heterocycles. The molecule has 548 valence electrons. The predicted molar refractivity (Wildman–Crippen MR) is 445 cm³/mol. The molecular weight excluding hydrogens is 1680 g/mol. The minimum atomic E-state index is -3.98. The van der Waals surface area contributed by atoms with E-state index < -0.39 is 8.07 Å². The predicted octanol–water partition coefficient (Wildman–Crippen LogP) is 21.8. The summed E-state index contributed by atoms with van der Waals surface area (Å²) >= 11 is 0. The van der Waals surface area contributed by atoms with Gasteiger partial charge in [0.2, 0.25) is 0 Å². The second-order valence-corrected chi connectivity index (χ2v) is 38.8.